The lowest BCUT2D eigenvalue weighted by atomic mass is 10.00. The van der Waals surface area contributed by atoms with Gasteiger partial charge >= 0.3 is 0 Å². The van der Waals surface area contributed by atoms with Gasteiger partial charge in [-0.1, -0.05) is 0 Å². The average molecular weight is 221 g/mol. The molecule has 84 valence electrons. The quantitative estimate of drug-likeness (QED) is 0.643. The van der Waals surface area contributed by atoms with Crippen LogP contribution in [0.5, 0.6) is 5.75 Å². The number of aliphatic hydroxyl groups excluding tert-OH is 2. The normalized spacial score (nSPS) is 13.8. The second kappa shape index (κ2) is 5.26. The second-order valence-corrected chi connectivity index (χ2v) is 3.31. The molecule has 0 fully saturated rings. The molecule has 1 aromatic rings. The molecule has 5 heteroatoms. The number of benzene rings is 1. The maximum atomic E-state index is 10.5. The number of rotatable bonds is 4. The summed E-state index contributed by atoms with van der Waals surface area (Å²) in [6, 6.07) is 5.61. The van der Waals surface area contributed by atoms with Crippen molar-refractivity contribution < 1.29 is 20.1 Å². The molecule has 0 spiro atoms. The van der Waals surface area contributed by atoms with Gasteiger partial charge in [-0.3, -0.25) is 4.79 Å². The van der Waals surface area contributed by atoms with Crippen molar-refractivity contribution in [1.82, 2.24) is 0 Å². The smallest absolute Gasteiger partial charge is 0.150 e. The first-order valence-corrected chi connectivity index (χ1v) is 4.61. The summed E-state index contributed by atoms with van der Waals surface area (Å²) in [5.41, 5.74) is 0.309. The molecule has 16 heavy (non-hydrogen) atoms. The molecular formula is C11H11NO4. The number of phenols is 1. The first kappa shape index (κ1) is 12.2. The molecule has 1 rings (SSSR count). The SMILES string of the molecule is N#CCC(O)C(O)c1cc(C=O)ccc1O. The van der Waals surface area contributed by atoms with Gasteiger partial charge in [-0.05, 0) is 18.2 Å². The Kier molecular flexibility index (Phi) is 4.00. The molecule has 0 radical (unpaired) electrons. The van der Waals surface area contributed by atoms with Gasteiger partial charge in [0, 0.05) is 11.1 Å². The molecule has 3 N–H and O–H groups in total. The molecule has 5 nitrogen and oxygen atoms in total. The molecule has 2 atom stereocenters. The van der Waals surface area contributed by atoms with Crippen molar-refractivity contribution in [2.24, 2.45) is 0 Å². The highest BCUT2D eigenvalue weighted by Crippen LogP contribution is 2.28. The van der Waals surface area contributed by atoms with Crippen LogP contribution >= 0.6 is 0 Å². The van der Waals surface area contributed by atoms with Gasteiger partial charge in [0.25, 0.3) is 0 Å². The molecule has 1 aromatic carbocycles. The predicted molar refractivity (Wildman–Crippen MR) is 54.7 cm³/mol. The number of aromatic hydroxyl groups is 1. The third kappa shape index (κ3) is 2.57. The molecule has 0 amide bonds. The second-order valence-electron chi connectivity index (χ2n) is 3.31. The third-order valence-corrected chi connectivity index (χ3v) is 2.17. The molecule has 0 bridgehead atoms. The standard InChI is InChI=1S/C11H11NO4/c12-4-3-10(15)11(16)8-5-7(6-13)1-2-9(8)14/h1-2,5-6,10-11,14-16H,3H2. The minimum atomic E-state index is -1.39. The molecule has 2 unspecified atom stereocenters. The summed E-state index contributed by atoms with van der Waals surface area (Å²) in [6.45, 7) is 0. The molecule has 0 saturated carbocycles. The summed E-state index contributed by atoms with van der Waals surface area (Å²) in [5.74, 6) is -0.227. The van der Waals surface area contributed by atoms with Crippen molar-refractivity contribution in [2.75, 3.05) is 0 Å². The highest BCUT2D eigenvalue weighted by Gasteiger charge is 2.21. The highest BCUT2D eigenvalue weighted by molar-refractivity contribution is 5.75. The minimum absolute atomic E-state index is 0.0346. The summed E-state index contributed by atoms with van der Waals surface area (Å²) >= 11 is 0. The lowest BCUT2D eigenvalue weighted by Gasteiger charge is -2.16. The zero-order chi connectivity index (χ0) is 12.1. The number of aldehydes is 1. The molecule has 0 heterocycles. The Morgan fingerprint density at radius 1 is 1.44 bits per heavy atom. The Morgan fingerprint density at radius 3 is 2.69 bits per heavy atom. The van der Waals surface area contributed by atoms with Crippen LogP contribution in [-0.4, -0.2) is 27.7 Å². The van der Waals surface area contributed by atoms with Gasteiger partial charge < -0.3 is 15.3 Å². The van der Waals surface area contributed by atoms with Gasteiger partial charge in [0.1, 0.15) is 18.1 Å². The van der Waals surface area contributed by atoms with E-state index in [1.807, 2.05) is 0 Å². The maximum absolute atomic E-state index is 10.5. The molecular weight excluding hydrogens is 210 g/mol. The van der Waals surface area contributed by atoms with Crippen molar-refractivity contribution in [1.29, 1.82) is 5.26 Å². The summed E-state index contributed by atoms with van der Waals surface area (Å²) in [7, 11) is 0. The van der Waals surface area contributed by atoms with E-state index < -0.39 is 12.2 Å². The van der Waals surface area contributed by atoms with Crippen LogP contribution in [0.25, 0.3) is 0 Å². The third-order valence-electron chi connectivity index (χ3n) is 2.17. The van der Waals surface area contributed by atoms with Crippen molar-refractivity contribution in [2.45, 2.75) is 18.6 Å². The molecule has 0 saturated heterocycles. The Bertz CT molecular complexity index is 424. The van der Waals surface area contributed by atoms with Crippen LogP contribution in [-0.2, 0) is 0 Å². The lowest BCUT2D eigenvalue weighted by Crippen LogP contribution is -2.17. The monoisotopic (exact) mass is 221 g/mol. The first-order valence-electron chi connectivity index (χ1n) is 4.61. The minimum Gasteiger partial charge on any atom is -0.508 e. The number of hydrogen-bond donors (Lipinski definition) is 3. The largest absolute Gasteiger partial charge is 0.508 e. The summed E-state index contributed by atoms with van der Waals surface area (Å²) in [5, 5.41) is 36.8. The molecule has 0 aliphatic carbocycles. The molecule has 0 aliphatic rings. The zero-order valence-corrected chi connectivity index (χ0v) is 8.37. The average Bonchev–Trinajstić information content (AvgIpc) is 2.29. The lowest BCUT2D eigenvalue weighted by molar-refractivity contribution is 0.0202. The van der Waals surface area contributed by atoms with Gasteiger partial charge in [0.2, 0.25) is 0 Å². The van der Waals surface area contributed by atoms with E-state index in [0.717, 1.165) is 0 Å². The number of nitriles is 1. The Hall–Kier alpha value is -1.90. The Balaban J connectivity index is 3.02. The van der Waals surface area contributed by atoms with Crippen LogP contribution < -0.4 is 0 Å². The Labute approximate surface area is 92.2 Å². The highest BCUT2D eigenvalue weighted by atomic mass is 16.3. The van der Waals surface area contributed by atoms with Crippen LogP contribution in [0.15, 0.2) is 18.2 Å². The van der Waals surface area contributed by atoms with E-state index in [0.29, 0.717) is 6.29 Å². The van der Waals surface area contributed by atoms with Crippen LogP contribution in [0.3, 0.4) is 0 Å². The number of carbonyl (C=O) groups excluding carboxylic acids is 1. The summed E-state index contributed by atoms with van der Waals surface area (Å²) in [4.78, 5) is 10.5. The Morgan fingerprint density at radius 2 is 2.12 bits per heavy atom. The van der Waals surface area contributed by atoms with Crippen molar-refractivity contribution in [3.8, 4) is 11.8 Å². The fourth-order valence-corrected chi connectivity index (χ4v) is 1.30. The maximum Gasteiger partial charge on any atom is 0.150 e. The van der Waals surface area contributed by atoms with Crippen LogP contribution in [0.4, 0.5) is 0 Å². The van der Waals surface area contributed by atoms with E-state index in [2.05, 4.69) is 0 Å². The van der Waals surface area contributed by atoms with Crippen LogP contribution in [0.2, 0.25) is 0 Å². The number of phenolic OH excluding ortho intramolecular Hbond substituents is 1. The van der Waals surface area contributed by atoms with E-state index in [1.165, 1.54) is 18.2 Å². The summed E-state index contributed by atoms with van der Waals surface area (Å²) in [6.07, 6.45) is -2.38. The van der Waals surface area contributed by atoms with E-state index in [4.69, 9.17) is 5.26 Å². The van der Waals surface area contributed by atoms with E-state index in [-0.39, 0.29) is 23.3 Å². The van der Waals surface area contributed by atoms with Crippen molar-refractivity contribution in [3.63, 3.8) is 0 Å². The zero-order valence-electron chi connectivity index (χ0n) is 8.37. The van der Waals surface area contributed by atoms with Gasteiger partial charge in [0.15, 0.2) is 0 Å². The van der Waals surface area contributed by atoms with Crippen molar-refractivity contribution >= 4 is 6.29 Å². The van der Waals surface area contributed by atoms with Crippen LogP contribution in [0.1, 0.15) is 28.4 Å². The number of nitrogens with zero attached hydrogens (tertiary/aromatic N) is 1. The number of carbonyl (C=O) groups is 1. The van der Waals surface area contributed by atoms with Gasteiger partial charge in [-0.15, -0.1) is 0 Å². The van der Waals surface area contributed by atoms with Gasteiger partial charge in [-0.25, -0.2) is 0 Å². The van der Waals surface area contributed by atoms with Crippen molar-refractivity contribution in [3.05, 3.63) is 29.3 Å². The fraction of sp³-hybridized carbons (Fsp3) is 0.273. The van der Waals surface area contributed by atoms with Gasteiger partial charge in [0.05, 0.1) is 18.6 Å². The summed E-state index contributed by atoms with van der Waals surface area (Å²) < 4.78 is 0. The predicted octanol–water partition coefficient (Wildman–Crippen LogP) is 0.513. The van der Waals surface area contributed by atoms with Crippen LogP contribution in [0, 0.1) is 11.3 Å². The molecule has 0 aromatic heterocycles. The fourth-order valence-electron chi connectivity index (χ4n) is 1.30. The topological polar surface area (TPSA) is 102 Å². The van der Waals surface area contributed by atoms with E-state index in [1.54, 1.807) is 6.07 Å². The van der Waals surface area contributed by atoms with Gasteiger partial charge in [-0.2, -0.15) is 5.26 Å². The van der Waals surface area contributed by atoms with E-state index >= 15 is 0 Å². The number of hydrogen-bond acceptors (Lipinski definition) is 5. The molecule has 0 aliphatic heterocycles. The number of aliphatic hydroxyl groups is 2. The first-order chi connectivity index (χ1) is 7.60. The van der Waals surface area contributed by atoms with E-state index in [9.17, 15) is 20.1 Å².